The molecule has 0 atom stereocenters. The molecule has 2 rings (SSSR count). The average Bonchev–Trinajstić information content (AvgIpc) is 2.54. The summed E-state index contributed by atoms with van der Waals surface area (Å²) in [7, 11) is 0. The van der Waals surface area contributed by atoms with Gasteiger partial charge in [0.25, 0.3) is 11.7 Å². The first-order valence-electron chi connectivity index (χ1n) is 6.92. The highest BCUT2D eigenvalue weighted by Crippen LogP contribution is 2.17. The average molecular weight is 325 g/mol. The number of hydrogen-bond acceptors (Lipinski definition) is 5. The van der Waals surface area contributed by atoms with E-state index in [0.29, 0.717) is 0 Å². The summed E-state index contributed by atoms with van der Waals surface area (Å²) in [6, 6.07) is 11.3. The zero-order valence-corrected chi connectivity index (χ0v) is 12.7. The Kier molecular flexibility index (Phi) is 5.06. The van der Waals surface area contributed by atoms with Crippen molar-refractivity contribution in [1.29, 1.82) is 0 Å². The summed E-state index contributed by atoms with van der Waals surface area (Å²) in [5.74, 6) is -3.45. The fraction of sp³-hybridized carbons (Fsp3) is 0.0588. The first kappa shape index (κ1) is 16.9. The maximum absolute atomic E-state index is 12.3. The summed E-state index contributed by atoms with van der Waals surface area (Å²) in [6.45, 7) is 1.29. The molecule has 0 saturated carbocycles. The minimum absolute atomic E-state index is 0.0460. The highest BCUT2D eigenvalue weighted by molar-refractivity contribution is 6.47. The number of carbonyl (C=O) groups excluding carboxylic acids is 4. The summed E-state index contributed by atoms with van der Waals surface area (Å²) in [5, 5.41) is 15.5. The smallest absolute Gasteiger partial charge is 0.296 e. The van der Waals surface area contributed by atoms with Gasteiger partial charge in [0, 0.05) is 12.6 Å². The number of carboxylic acid groups (broad SMARTS) is 1. The molecular formula is C17H13N2O5-. The highest BCUT2D eigenvalue weighted by Gasteiger charge is 2.20. The number of carboxylic acids is 1. The van der Waals surface area contributed by atoms with Crippen LogP contribution < -0.4 is 15.7 Å². The Morgan fingerprint density at radius 1 is 0.875 bits per heavy atom. The zero-order valence-electron chi connectivity index (χ0n) is 12.7. The van der Waals surface area contributed by atoms with Gasteiger partial charge in [-0.05, 0) is 29.8 Å². The van der Waals surface area contributed by atoms with Gasteiger partial charge in [-0.15, -0.1) is 0 Å². The molecule has 0 aromatic heterocycles. The third-order valence-corrected chi connectivity index (χ3v) is 3.07. The van der Waals surface area contributed by atoms with Gasteiger partial charge in [-0.25, -0.2) is 0 Å². The number of carbonyl (C=O) groups is 4. The molecule has 0 bridgehead atoms. The van der Waals surface area contributed by atoms with Crippen LogP contribution >= 0.6 is 0 Å². The summed E-state index contributed by atoms with van der Waals surface area (Å²) >= 11 is 0. The number of para-hydroxylation sites is 1. The monoisotopic (exact) mass is 325 g/mol. The van der Waals surface area contributed by atoms with E-state index in [1.54, 1.807) is 12.1 Å². The Morgan fingerprint density at radius 3 is 2.08 bits per heavy atom. The maximum Gasteiger partial charge on any atom is 0.296 e. The van der Waals surface area contributed by atoms with Gasteiger partial charge in [0.2, 0.25) is 5.91 Å². The van der Waals surface area contributed by atoms with Crippen LogP contribution in [0.5, 0.6) is 0 Å². The number of hydrogen-bond donors (Lipinski definition) is 2. The van der Waals surface area contributed by atoms with Crippen molar-refractivity contribution in [2.75, 3.05) is 10.6 Å². The van der Waals surface area contributed by atoms with Crippen LogP contribution in [0.4, 0.5) is 11.4 Å². The zero-order chi connectivity index (χ0) is 17.7. The standard InChI is InChI=1S/C17H14N2O5/c1-10(20)18-14-5-3-2-4-13(14)15(21)16(22)19-12-8-6-11(7-9-12)17(23)24/h2-9H,1H3,(H,18,20)(H,19,22)(H,23,24)/p-1. The van der Waals surface area contributed by atoms with Gasteiger partial charge in [-0.3, -0.25) is 14.4 Å². The number of anilines is 2. The second kappa shape index (κ2) is 7.19. The highest BCUT2D eigenvalue weighted by atomic mass is 16.4. The van der Waals surface area contributed by atoms with Crippen LogP contribution in [-0.2, 0) is 9.59 Å². The molecule has 2 aromatic rings. The van der Waals surface area contributed by atoms with Gasteiger partial charge in [0.1, 0.15) is 0 Å². The minimum Gasteiger partial charge on any atom is -0.545 e. The van der Waals surface area contributed by atoms with Gasteiger partial charge in [0.15, 0.2) is 0 Å². The molecule has 0 aliphatic heterocycles. The second-order valence-electron chi connectivity index (χ2n) is 4.87. The summed E-state index contributed by atoms with van der Waals surface area (Å²) in [5.41, 5.74) is 0.500. The Balaban J connectivity index is 2.17. The van der Waals surface area contributed by atoms with Gasteiger partial charge in [-0.1, -0.05) is 24.3 Å². The van der Waals surface area contributed by atoms with Gasteiger partial charge >= 0.3 is 0 Å². The first-order valence-corrected chi connectivity index (χ1v) is 6.92. The predicted molar refractivity (Wildman–Crippen MR) is 84.5 cm³/mol. The molecule has 0 heterocycles. The first-order chi connectivity index (χ1) is 11.4. The molecule has 2 amide bonds. The minimum atomic E-state index is -1.34. The predicted octanol–water partition coefficient (Wildman–Crippen LogP) is 0.830. The molecule has 7 heteroatoms. The lowest BCUT2D eigenvalue weighted by atomic mass is 10.1. The number of rotatable bonds is 5. The number of nitrogens with one attached hydrogen (secondary N) is 2. The van der Waals surface area contributed by atoms with E-state index in [2.05, 4.69) is 10.6 Å². The molecule has 0 spiro atoms. The van der Waals surface area contributed by atoms with Crippen molar-refractivity contribution in [2.24, 2.45) is 0 Å². The van der Waals surface area contributed by atoms with Crippen LogP contribution in [0.15, 0.2) is 48.5 Å². The number of ketones is 1. The van der Waals surface area contributed by atoms with E-state index in [1.807, 2.05) is 0 Å². The summed E-state index contributed by atoms with van der Waals surface area (Å²) in [4.78, 5) is 46.2. The van der Waals surface area contributed by atoms with Crippen LogP contribution in [-0.4, -0.2) is 23.6 Å². The van der Waals surface area contributed by atoms with Crippen molar-refractivity contribution < 1.29 is 24.3 Å². The third-order valence-electron chi connectivity index (χ3n) is 3.07. The molecule has 0 saturated heterocycles. The number of amides is 2. The van der Waals surface area contributed by atoms with Gasteiger partial charge in [0.05, 0.1) is 17.2 Å². The van der Waals surface area contributed by atoms with E-state index in [1.165, 1.54) is 43.3 Å². The van der Waals surface area contributed by atoms with E-state index >= 15 is 0 Å². The summed E-state index contributed by atoms with van der Waals surface area (Å²) < 4.78 is 0. The van der Waals surface area contributed by atoms with Crippen molar-refractivity contribution in [2.45, 2.75) is 6.92 Å². The fourth-order valence-corrected chi connectivity index (χ4v) is 1.98. The van der Waals surface area contributed by atoms with E-state index in [4.69, 9.17) is 0 Å². The van der Waals surface area contributed by atoms with Crippen molar-refractivity contribution in [3.8, 4) is 0 Å². The molecule has 24 heavy (non-hydrogen) atoms. The van der Waals surface area contributed by atoms with Crippen molar-refractivity contribution in [3.05, 3.63) is 59.7 Å². The SMILES string of the molecule is CC(=O)Nc1ccccc1C(=O)C(=O)Nc1ccc(C(=O)[O-])cc1. The van der Waals surface area contributed by atoms with Crippen LogP contribution in [0.3, 0.4) is 0 Å². The molecule has 0 aliphatic carbocycles. The van der Waals surface area contributed by atoms with Crippen molar-refractivity contribution in [1.82, 2.24) is 0 Å². The maximum atomic E-state index is 12.3. The van der Waals surface area contributed by atoms with Crippen molar-refractivity contribution >= 4 is 34.9 Å². The molecule has 0 radical (unpaired) electrons. The lowest BCUT2D eigenvalue weighted by Gasteiger charge is -2.10. The number of aromatic carboxylic acids is 1. The Morgan fingerprint density at radius 2 is 1.50 bits per heavy atom. The molecule has 2 aromatic carbocycles. The molecule has 7 nitrogen and oxygen atoms in total. The third kappa shape index (κ3) is 4.04. The number of Topliss-reactive ketones (excluding diaryl/α,β-unsaturated/α-hetero) is 1. The van der Waals surface area contributed by atoms with Crippen LogP contribution in [0.25, 0.3) is 0 Å². The Hall–Kier alpha value is -3.48. The molecule has 2 N–H and O–H groups in total. The lowest BCUT2D eigenvalue weighted by Crippen LogP contribution is -2.25. The van der Waals surface area contributed by atoms with Crippen LogP contribution in [0, 0.1) is 0 Å². The van der Waals surface area contributed by atoms with Gasteiger partial charge < -0.3 is 20.5 Å². The normalized spacial score (nSPS) is 9.88. The van der Waals surface area contributed by atoms with E-state index in [-0.39, 0.29) is 28.4 Å². The quantitative estimate of drug-likeness (QED) is 0.624. The Bertz CT molecular complexity index is 812. The van der Waals surface area contributed by atoms with E-state index in [9.17, 15) is 24.3 Å². The van der Waals surface area contributed by atoms with Crippen LogP contribution in [0.2, 0.25) is 0 Å². The molecule has 0 aliphatic rings. The fourth-order valence-electron chi connectivity index (χ4n) is 1.98. The lowest BCUT2D eigenvalue weighted by molar-refractivity contribution is -0.255. The summed E-state index contributed by atoms with van der Waals surface area (Å²) in [6.07, 6.45) is 0. The molecular weight excluding hydrogens is 312 g/mol. The largest absolute Gasteiger partial charge is 0.545 e. The van der Waals surface area contributed by atoms with Crippen LogP contribution in [0.1, 0.15) is 27.6 Å². The molecule has 0 fully saturated rings. The molecule has 122 valence electrons. The molecule has 0 unspecified atom stereocenters. The van der Waals surface area contributed by atoms with Gasteiger partial charge in [-0.2, -0.15) is 0 Å². The van der Waals surface area contributed by atoms with E-state index in [0.717, 1.165) is 0 Å². The number of benzene rings is 2. The topological polar surface area (TPSA) is 115 Å². The van der Waals surface area contributed by atoms with Crippen molar-refractivity contribution in [3.63, 3.8) is 0 Å². The second-order valence-corrected chi connectivity index (χ2v) is 4.87. The van der Waals surface area contributed by atoms with E-state index < -0.39 is 17.7 Å². The Labute approximate surface area is 137 Å².